The molecule has 0 unspecified atom stereocenters. The summed E-state index contributed by atoms with van der Waals surface area (Å²) in [5.41, 5.74) is 2.18. The van der Waals surface area contributed by atoms with Crippen LogP contribution < -0.4 is 10.5 Å². The number of aromatic nitrogens is 3. The Morgan fingerprint density at radius 2 is 2.14 bits per heavy atom. The average Bonchev–Trinajstić information content (AvgIpc) is 3.18. The van der Waals surface area contributed by atoms with Crippen LogP contribution in [0, 0.1) is 12.8 Å². The summed E-state index contributed by atoms with van der Waals surface area (Å²) in [6, 6.07) is 3.56. The van der Waals surface area contributed by atoms with E-state index in [0.29, 0.717) is 11.8 Å². The summed E-state index contributed by atoms with van der Waals surface area (Å²) in [6.45, 7) is 4.67. The molecule has 0 amide bonds. The highest BCUT2D eigenvalue weighted by atomic mass is 32.1. The minimum absolute atomic E-state index is 0.0166. The van der Waals surface area contributed by atoms with Gasteiger partial charge in [0.15, 0.2) is 5.13 Å². The Hall–Kier alpha value is -1.69. The monoisotopic (exact) mass is 302 g/mol. The van der Waals surface area contributed by atoms with Gasteiger partial charge in [-0.15, -0.1) is 11.3 Å². The van der Waals surface area contributed by atoms with Gasteiger partial charge in [-0.3, -0.25) is 4.79 Å². The van der Waals surface area contributed by atoms with E-state index in [4.69, 9.17) is 0 Å². The van der Waals surface area contributed by atoms with E-state index in [1.807, 2.05) is 13.0 Å². The zero-order valence-electron chi connectivity index (χ0n) is 12.0. The third-order valence-corrected chi connectivity index (χ3v) is 5.17. The fourth-order valence-corrected chi connectivity index (χ4v) is 3.59. The quantitative estimate of drug-likeness (QED) is 0.867. The topological polar surface area (TPSA) is 51.0 Å². The number of hydrogen-bond acceptors (Lipinski definition) is 5. The van der Waals surface area contributed by atoms with Crippen LogP contribution in [0.4, 0.5) is 5.13 Å². The molecule has 0 bridgehead atoms. The fourth-order valence-electron chi connectivity index (χ4n) is 2.77. The Balaban J connectivity index is 1.41. The fraction of sp³-hybridized carbons (Fsp3) is 0.533. The lowest BCUT2D eigenvalue weighted by Crippen LogP contribution is -2.49. The van der Waals surface area contributed by atoms with Gasteiger partial charge in [0.1, 0.15) is 0 Å². The van der Waals surface area contributed by atoms with Crippen LogP contribution in [-0.4, -0.2) is 27.9 Å². The van der Waals surface area contributed by atoms with E-state index >= 15 is 0 Å². The first kappa shape index (κ1) is 13.0. The van der Waals surface area contributed by atoms with Gasteiger partial charge in [-0.2, -0.15) is 5.10 Å². The van der Waals surface area contributed by atoms with Gasteiger partial charge in [-0.1, -0.05) is 0 Å². The average molecular weight is 302 g/mol. The smallest absolute Gasteiger partial charge is 0.266 e. The van der Waals surface area contributed by atoms with Gasteiger partial charge in [-0.05, 0) is 25.8 Å². The molecule has 2 aromatic heterocycles. The van der Waals surface area contributed by atoms with Crippen molar-refractivity contribution in [1.82, 2.24) is 14.8 Å². The van der Waals surface area contributed by atoms with Gasteiger partial charge in [0.05, 0.1) is 17.9 Å². The zero-order chi connectivity index (χ0) is 14.4. The molecular formula is C15H18N4OS. The number of hydrogen-bond donors (Lipinski definition) is 0. The highest BCUT2D eigenvalue weighted by molar-refractivity contribution is 7.13. The van der Waals surface area contributed by atoms with E-state index in [9.17, 15) is 4.79 Å². The molecule has 1 aliphatic carbocycles. The molecule has 0 radical (unpaired) electrons. The minimum atomic E-state index is 0.0166. The summed E-state index contributed by atoms with van der Waals surface area (Å²) in [6.07, 6.45) is 2.43. The maximum atomic E-state index is 11.9. The van der Waals surface area contributed by atoms with Crippen molar-refractivity contribution >= 4 is 16.5 Å². The third-order valence-electron chi connectivity index (χ3n) is 4.15. The van der Waals surface area contributed by atoms with Crippen LogP contribution in [0.15, 0.2) is 22.3 Å². The standard InChI is InChI=1S/C15H18N4OS/c1-10-9-21-15(16-10)18-6-11(7-18)8-19-14(20)5-4-13(17-19)12-2-3-12/h4-5,9,11-12H,2-3,6-8H2,1H3. The molecule has 3 heterocycles. The van der Waals surface area contributed by atoms with E-state index in [1.54, 1.807) is 22.1 Å². The SMILES string of the molecule is Cc1csc(N2CC(Cn3nc(C4CC4)ccc3=O)C2)n1. The predicted octanol–water partition coefficient (Wildman–Crippen LogP) is 2.02. The molecule has 5 nitrogen and oxygen atoms in total. The van der Waals surface area contributed by atoms with Crippen LogP contribution in [-0.2, 0) is 6.54 Å². The largest absolute Gasteiger partial charge is 0.347 e. The van der Waals surface area contributed by atoms with Gasteiger partial charge < -0.3 is 4.90 Å². The molecule has 0 atom stereocenters. The summed E-state index contributed by atoms with van der Waals surface area (Å²) in [5.74, 6) is 1.09. The molecule has 0 aromatic carbocycles. The van der Waals surface area contributed by atoms with Crippen LogP contribution in [0.3, 0.4) is 0 Å². The molecule has 2 aromatic rings. The van der Waals surface area contributed by atoms with Crippen molar-refractivity contribution in [1.29, 1.82) is 0 Å². The van der Waals surface area contributed by atoms with Gasteiger partial charge in [0.25, 0.3) is 5.56 Å². The van der Waals surface area contributed by atoms with Crippen LogP contribution in [0.2, 0.25) is 0 Å². The Morgan fingerprint density at radius 3 is 2.81 bits per heavy atom. The number of rotatable bonds is 4. The third kappa shape index (κ3) is 2.60. The summed E-state index contributed by atoms with van der Waals surface area (Å²) in [7, 11) is 0. The first-order valence-electron chi connectivity index (χ1n) is 7.44. The molecule has 1 aliphatic heterocycles. The molecule has 0 N–H and O–H groups in total. The zero-order valence-corrected chi connectivity index (χ0v) is 12.8. The highest BCUT2D eigenvalue weighted by Crippen LogP contribution is 2.38. The molecule has 21 heavy (non-hydrogen) atoms. The molecule has 1 saturated heterocycles. The number of anilines is 1. The van der Waals surface area contributed by atoms with Crippen molar-refractivity contribution in [3.63, 3.8) is 0 Å². The van der Waals surface area contributed by atoms with Crippen LogP contribution in [0.5, 0.6) is 0 Å². The van der Waals surface area contributed by atoms with E-state index in [-0.39, 0.29) is 5.56 Å². The maximum absolute atomic E-state index is 11.9. The lowest BCUT2D eigenvalue weighted by Gasteiger charge is -2.39. The van der Waals surface area contributed by atoms with Crippen molar-refractivity contribution in [2.45, 2.75) is 32.2 Å². The molecule has 2 fully saturated rings. The first-order valence-corrected chi connectivity index (χ1v) is 8.32. The van der Waals surface area contributed by atoms with Crippen LogP contribution in [0.1, 0.15) is 30.1 Å². The Labute approximate surface area is 127 Å². The summed E-state index contributed by atoms with van der Waals surface area (Å²) < 4.78 is 1.66. The second-order valence-corrected chi connectivity index (χ2v) is 6.93. The molecule has 2 aliphatic rings. The number of thiazole rings is 1. The lowest BCUT2D eigenvalue weighted by molar-refractivity contribution is 0.333. The van der Waals surface area contributed by atoms with Crippen molar-refractivity contribution in [2.75, 3.05) is 18.0 Å². The molecule has 0 spiro atoms. The molecular weight excluding hydrogens is 284 g/mol. The normalized spacial score (nSPS) is 18.8. The van der Waals surface area contributed by atoms with Gasteiger partial charge in [-0.25, -0.2) is 9.67 Å². The van der Waals surface area contributed by atoms with Gasteiger partial charge in [0, 0.05) is 36.4 Å². The van der Waals surface area contributed by atoms with Crippen LogP contribution in [0.25, 0.3) is 0 Å². The molecule has 6 heteroatoms. The maximum Gasteiger partial charge on any atom is 0.266 e. The van der Waals surface area contributed by atoms with Crippen molar-refractivity contribution in [3.05, 3.63) is 39.3 Å². The highest BCUT2D eigenvalue weighted by Gasteiger charge is 2.30. The van der Waals surface area contributed by atoms with E-state index < -0.39 is 0 Å². The Kier molecular flexibility index (Phi) is 3.06. The van der Waals surface area contributed by atoms with Gasteiger partial charge in [0.2, 0.25) is 0 Å². The molecule has 1 saturated carbocycles. The second-order valence-electron chi connectivity index (χ2n) is 6.10. The van der Waals surface area contributed by atoms with E-state index in [1.165, 1.54) is 12.8 Å². The van der Waals surface area contributed by atoms with Crippen LogP contribution >= 0.6 is 11.3 Å². The van der Waals surface area contributed by atoms with Gasteiger partial charge >= 0.3 is 0 Å². The van der Waals surface area contributed by atoms with Crippen molar-refractivity contribution in [2.24, 2.45) is 5.92 Å². The number of aryl methyl sites for hydroxylation is 1. The Bertz CT molecular complexity index is 712. The molecule has 110 valence electrons. The second kappa shape index (κ2) is 4.94. The molecule has 4 rings (SSSR count). The van der Waals surface area contributed by atoms with E-state index in [2.05, 4.69) is 20.4 Å². The van der Waals surface area contributed by atoms with Crippen molar-refractivity contribution in [3.8, 4) is 0 Å². The Morgan fingerprint density at radius 1 is 1.33 bits per heavy atom. The number of nitrogens with zero attached hydrogens (tertiary/aromatic N) is 4. The predicted molar refractivity (Wildman–Crippen MR) is 83.0 cm³/mol. The first-order chi connectivity index (χ1) is 10.2. The lowest BCUT2D eigenvalue weighted by atomic mass is 10.0. The van der Waals surface area contributed by atoms with Crippen molar-refractivity contribution < 1.29 is 0 Å². The summed E-state index contributed by atoms with van der Waals surface area (Å²) >= 11 is 1.69. The summed E-state index contributed by atoms with van der Waals surface area (Å²) in [5, 5.41) is 7.70. The summed E-state index contributed by atoms with van der Waals surface area (Å²) in [4.78, 5) is 18.7. The minimum Gasteiger partial charge on any atom is -0.347 e. The van der Waals surface area contributed by atoms with E-state index in [0.717, 1.165) is 36.2 Å².